The molecule has 4 nitrogen and oxygen atoms in total. The summed E-state index contributed by atoms with van der Waals surface area (Å²) >= 11 is 12.2. The van der Waals surface area contributed by atoms with Gasteiger partial charge in [-0.05, 0) is 49.7 Å². The van der Waals surface area contributed by atoms with Crippen LogP contribution in [0.1, 0.15) is 18.4 Å². The van der Waals surface area contributed by atoms with Gasteiger partial charge in [0.1, 0.15) is 12.4 Å². The molecule has 1 fully saturated rings. The van der Waals surface area contributed by atoms with Gasteiger partial charge in [0.2, 0.25) is 0 Å². The molecule has 0 bridgehead atoms. The molecule has 1 saturated heterocycles. The third-order valence-corrected chi connectivity index (χ3v) is 4.70. The number of fused-ring (bicyclic) bond motifs is 1. The van der Waals surface area contributed by atoms with Crippen LogP contribution >= 0.6 is 23.2 Å². The molecular weight excluding hydrogens is 335 g/mol. The maximum absolute atomic E-state index is 10.1. The van der Waals surface area contributed by atoms with Gasteiger partial charge in [-0.25, -0.2) is 0 Å². The van der Waals surface area contributed by atoms with Crippen molar-refractivity contribution in [1.29, 1.82) is 0 Å². The van der Waals surface area contributed by atoms with Crippen molar-refractivity contribution >= 4 is 29.3 Å². The minimum absolute atomic E-state index is 0.339. The van der Waals surface area contributed by atoms with Crippen LogP contribution in [0.4, 0.5) is 0 Å². The number of β-amino-alcohol motifs (C(OH)–C–C–N with tert-alkyl or cyclic N) is 1. The first kappa shape index (κ1) is 17.1. The van der Waals surface area contributed by atoms with Crippen LogP contribution in [0, 0.1) is 0 Å². The van der Waals surface area contributed by atoms with E-state index >= 15 is 0 Å². The number of hydrogen-bond donors (Lipinski definition) is 2. The maximum Gasteiger partial charge on any atom is 0.145 e. The third-order valence-electron chi connectivity index (χ3n) is 4.20. The molecule has 126 valence electrons. The summed E-state index contributed by atoms with van der Waals surface area (Å²) in [5, 5.41) is 14.5. The van der Waals surface area contributed by atoms with E-state index in [-0.39, 0.29) is 6.10 Å². The number of rotatable bonds is 6. The third kappa shape index (κ3) is 4.61. The average molecular weight is 357 g/mol. The van der Waals surface area contributed by atoms with Crippen molar-refractivity contribution in [1.82, 2.24) is 10.2 Å². The fraction of sp³-hybridized carbons (Fsp3) is 0.529. The van der Waals surface area contributed by atoms with Crippen molar-refractivity contribution in [2.75, 3.05) is 39.3 Å². The molecule has 6 heteroatoms. The Bertz CT molecular complexity index is 586. The Kier molecular flexibility index (Phi) is 5.83. The number of aliphatic hydroxyl groups is 1. The van der Waals surface area contributed by atoms with Crippen LogP contribution in [0.3, 0.4) is 0 Å². The molecule has 2 heterocycles. The monoisotopic (exact) mass is 356 g/mol. The summed E-state index contributed by atoms with van der Waals surface area (Å²) in [6, 6.07) is 3.54. The van der Waals surface area contributed by atoms with Crippen LogP contribution in [-0.2, 0) is 0 Å². The molecule has 2 N–H and O–H groups in total. The van der Waals surface area contributed by atoms with Crippen LogP contribution in [0.5, 0.6) is 5.75 Å². The molecule has 1 aromatic rings. The minimum Gasteiger partial charge on any atom is -0.487 e. The summed E-state index contributed by atoms with van der Waals surface area (Å²) in [5.41, 5.74) is 2.02. The fourth-order valence-electron chi connectivity index (χ4n) is 3.10. The normalized spacial score (nSPS) is 19.2. The standard InChI is InChI=1S/C17H22Cl2N2O2/c18-14-6-13-5-12(11-23-17(13)16(19)7-14)8-20-9-15(22)10-21-3-1-2-4-21/h5-7,15,20,22H,1-4,8-11H2. The van der Waals surface area contributed by atoms with Gasteiger partial charge in [0.05, 0.1) is 11.1 Å². The van der Waals surface area contributed by atoms with E-state index in [1.165, 1.54) is 12.8 Å². The summed E-state index contributed by atoms with van der Waals surface area (Å²) in [6.07, 6.45) is 4.20. The molecule has 23 heavy (non-hydrogen) atoms. The molecule has 0 saturated carbocycles. The highest BCUT2D eigenvalue weighted by Gasteiger charge is 2.17. The van der Waals surface area contributed by atoms with E-state index in [1.807, 2.05) is 6.07 Å². The number of ether oxygens (including phenoxy) is 1. The Balaban J connectivity index is 1.49. The van der Waals surface area contributed by atoms with Crippen LogP contribution in [0.15, 0.2) is 17.7 Å². The van der Waals surface area contributed by atoms with Crippen molar-refractivity contribution in [3.05, 3.63) is 33.3 Å². The number of nitrogens with one attached hydrogen (secondary N) is 1. The van der Waals surface area contributed by atoms with Crippen LogP contribution < -0.4 is 10.1 Å². The smallest absolute Gasteiger partial charge is 0.145 e. The van der Waals surface area contributed by atoms with Crippen molar-refractivity contribution in [2.24, 2.45) is 0 Å². The highest BCUT2D eigenvalue weighted by atomic mass is 35.5. The molecule has 1 aromatic carbocycles. The lowest BCUT2D eigenvalue weighted by molar-refractivity contribution is 0.124. The quantitative estimate of drug-likeness (QED) is 0.822. The van der Waals surface area contributed by atoms with Gasteiger partial charge >= 0.3 is 0 Å². The fourth-order valence-corrected chi connectivity index (χ4v) is 3.66. The van der Waals surface area contributed by atoms with E-state index in [9.17, 15) is 5.11 Å². The molecule has 1 atom stereocenters. The van der Waals surface area contributed by atoms with Gasteiger partial charge in [0.25, 0.3) is 0 Å². The molecule has 2 aliphatic rings. The second kappa shape index (κ2) is 7.86. The number of aliphatic hydroxyl groups excluding tert-OH is 1. The zero-order valence-corrected chi connectivity index (χ0v) is 14.5. The van der Waals surface area contributed by atoms with E-state index in [1.54, 1.807) is 6.07 Å². The largest absolute Gasteiger partial charge is 0.487 e. The van der Waals surface area contributed by atoms with Crippen molar-refractivity contribution < 1.29 is 9.84 Å². The Hall–Kier alpha value is -0.780. The summed E-state index contributed by atoms with van der Waals surface area (Å²) in [7, 11) is 0. The number of likely N-dealkylation sites (tertiary alicyclic amines) is 1. The molecule has 2 aliphatic heterocycles. The first-order chi connectivity index (χ1) is 11.1. The lowest BCUT2D eigenvalue weighted by atomic mass is 10.1. The molecular formula is C17H22Cl2N2O2. The molecule has 1 unspecified atom stereocenters. The highest BCUT2D eigenvalue weighted by Crippen LogP contribution is 2.36. The van der Waals surface area contributed by atoms with Crippen LogP contribution in [0.2, 0.25) is 10.0 Å². The van der Waals surface area contributed by atoms with Gasteiger partial charge in [0, 0.05) is 30.2 Å². The first-order valence-corrected chi connectivity index (χ1v) is 8.80. The lowest BCUT2D eigenvalue weighted by Crippen LogP contribution is -2.38. The second-order valence-corrected chi connectivity index (χ2v) is 7.03. The van der Waals surface area contributed by atoms with E-state index < -0.39 is 0 Å². The van der Waals surface area contributed by atoms with Crippen molar-refractivity contribution in [3.63, 3.8) is 0 Å². The SMILES string of the molecule is OC(CNCC1=Cc2cc(Cl)cc(Cl)c2OC1)CN1CCCC1. The van der Waals surface area contributed by atoms with E-state index in [2.05, 4.69) is 16.3 Å². The van der Waals surface area contributed by atoms with E-state index in [0.717, 1.165) is 30.8 Å². The predicted molar refractivity (Wildman–Crippen MR) is 94.5 cm³/mol. The molecule has 0 aliphatic carbocycles. The summed E-state index contributed by atoms with van der Waals surface area (Å²) in [5.74, 6) is 0.689. The minimum atomic E-state index is -0.339. The highest BCUT2D eigenvalue weighted by molar-refractivity contribution is 6.36. The zero-order valence-electron chi connectivity index (χ0n) is 13.0. The summed E-state index contributed by atoms with van der Waals surface area (Å²) in [4.78, 5) is 2.32. The zero-order chi connectivity index (χ0) is 16.2. The molecule has 0 aromatic heterocycles. The molecule has 0 amide bonds. The topological polar surface area (TPSA) is 44.7 Å². The van der Waals surface area contributed by atoms with E-state index in [4.69, 9.17) is 27.9 Å². The van der Waals surface area contributed by atoms with Crippen LogP contribution in [0.25, 0.3) is 6.08 Å². The number of halogens is 2. The van der Waals surface area contributed by atoms with Crippen LogP contribution in [-0.4, -0.2) is 55.4 Å². The Labute approximate surface area is 147 Å². The molecule has 0 radical (unpaired) electrons. The summed E-state index contributed by atoms with van der Waals surface area (Å²) < 4.78 is 5.72. The van der Waals surface area contributed by atoms with Crippen molar-refractivity contribution in [2.45, 2.75) is 18.9 Å². The van der Waals surface area contributed by atoms with Gasteiger partial charge in [-0.2, -0.15) is 0 Å². The predicted octanol–water partition coefficient (Wildman–Crippen LogP) is 2.82. The maximum atomic E-state index is 10.1. The van der Waals surface area contributed by atoms with Crippen molar-refractivity contribution in [3.8, 4) is 5.75 Å². The van der Waals surface area contributed by atoms with E-state index in [0.29, 0.717) is 35.5 Å². The van der Waals surface area contributed by atoms with Gasteiger partial charge in [0.15, 0.2) is 0 Å². The Morgan fingerprint density at radius 2 is 2.04 bits per heavy atom. The number of hydrogen-bond acceptors (Lipinski definition) is 4. The lowest BCUT2D eigenvalue weighted by Gasteiger charge is -2.22. The second-order valence-electron chi connectivity index (χ2n) is 6.19. The van der Waals surface area contributed by atoms with Gasteiger partial charge in [-0.1, -0.05) is 23.2 Å². The summed E-state index contributed by atoms with van der Waals surface area (Å²) in [6.45, 7) is 4.72. The Morgan fingerprint density at radius 3 is 2.83 bits per heavy atom. The number of nitrogens with zero attached hydrogens (tertiary/aromatic N) is 1. The van der Waals surface area contributed by atoms with Gasteiger partial charge in [-0.3, -0.25) is 0 Å². The molecule has 0 spiro atoms. The number of benzene rings is 1. The molecule has 3 rings (SSSR count). The Morgan fingerprint density at radius 1 is 1.26 bits per heavy atom. The van der Waals surface area contributed by atoms with Gasteiger partial charge < -0.3 is 20.1 Å². The van der Waals surface area contributed by atoms with Gasteiger partial charge in [-0.15, -0.1) is 0 Å². The average Bonchev–Trinajstić information content (AvgIpc) is 2.99. The first-order valence-electron chi connectivity index (χ1n) is 8.04.